The molecule has 3 nitrogen and oxygen atoms in total. The number of carbonyl (C=O) groups is 2. The molecule has 0 N–H and O–H groups in total. The van der Waals surface area contributed by atoms with Crippen molar-refractivity contribution in [2.24, 2.45) is 0 Å². The number of benzene rings is 3. The monoisotopic (exact) mass is 317 g/mol. The van der Waals surface area contributed by atoms with Crippen molar-refractivity contribution in [3.05, 3.63) is 89.7 Å². The van der Waals surface area contributed by atoms with Crippen LogP contribution in [-0.4, -0.2) is 11.8 Å². The number of imide groups is 1. The van der Waals surface area contributed by atoms with Crippen LogP contribution in [-0.2, 0) is 0 Å². The normalized spacial score (nSPS) is 13.3. The van der Waals surface area contributed by atoms with Crippen molar-refractivity contribution < 1.29 is 14.0 Å². The molecule has 0 aromatic heterocycles. The molecule has 2 amide bonds. The molecule has 116 valence electrons. The van der Waals surface area contributed by atoms with E-state index in [-0.39, 0.29) is 5.69 Å². The third kappa shape index (κ3) is 2.12. The lowest BCUT2D eigenvalue weighted by Crippen LogP contribution is -2.30. The molecule has 0 fully saturated rings. The molecule has 24 heavy (non-hydrogen) atoms. The number of amides is 2. The van der Waals surface area contributed by atoms with Gasteiger partial charge < -0.3 is 0 Å². The zero-order chi connectivity index (χ0) is 16.7. The van der Waals surface area contributed by atoms with Gasteiger partial charge in [-0.25, -0.2) is 9.29 Å². The SMILES string of the molecule is O=C1c2ccccc2C(=O)N1c1ccc(-c2ccccc2)cc1F. The molecule has 0 saturated heterocycles. The van der Waals surface area contributed by atoms with Crippen LogP contribution in [0.15, 0.2) is 72.8 Å². The highest BCUT2D eigenvalue weighted by Crippen LogP contribution is 2.32. The van der Waals surface area contributed by atoms with Gasteiger partial charge in [0, 0.05) is 0 Å². The van der Waals surface area contributed by atoms with Crippen molar-refractivity contribution in [1.82, 2.24) is 0 Å². The Hall–Kier alpha value is -3.27. The van der Waals surface area contributed by atoms with Gasteiger partial charge in [-0.1, -0.05) is 48.5 Å². The fraction of sp³-hybridized carbons (Fsp3) is 0. The van der Waals surface area contributed by atoms with Crippen molar-refractivity contribution in [3.63, 3.8) is 0 Å². The van der Waals surface area contributed by atoms with Gasteiger partial charge in [0.25, 0.3) is 11.8 Å². The Morgan fingerprint density at radius 2 is 1.25 bits per heavy atom. The lowest BCUT2D eigenvalue weighted by atomic mass is 10.0. The van der Waals surface area contributed by atoms with Crippen LogP contribution in [0.5, 0.6) is 0 Å². The third-order valence-corrected chi connectivity index (χ3v) is 4.09. The molecule has 1 heterocycles. The molecule has 0 spiro atoms. The van der Waals surface area contributed by atoms with Gasteiger partial charge in [0.15, 0.2) is 0 Å². The molecule has 0 saturated carbocycles. The minimum atomic E-state index is -0.606. The first-order valence-electron chi connectivity index (χ1n) is 7.49. The van der Waals surface area contributed by atoms with Gasteiger partial charge in [0.05, 0.1) is 16.8 Å². The maximum atomic E-state index is 14.6. The average Bonchev–Trinajstić information content (AvgIpc) is 2.87. The van der Waals surface area contributed by atoms with Crippen LogP contribution < -0.4 is 4.90 Å². The molecular formula is C20H12FNO2. The lowest BCUT2D eigenvalue weighted by Gasteiger charge is -2.15. The summed E-state index contributed by atoms with van der Waals surface area (Å²) in [5.41, 5.74) is 2.13. The van der Waals surface area contributed by atoms with Crippen LogP contribution in [0.25, 0.3) is 11.1 Å². The molecule has 3 aromatic rings. The van der Waals surface area contributed by atoms with Gasteiger partial charge in [-0.2, -0.15) is 0 Å². The lowest BCUT2D eigenvalue weighted by molar-refractivity contribution is 0.0925. The van der Waals surface area contributed by atoms with Crippen molar-refractivity contribution in [3.8, 4) is 11.1 Å². The van der Waals surface area contributed by atoms with E-state index in [9.17, 15) is 14.0 Å². The zero-order valence-corrected chi connectivity index (χ0v) is 12.6. The molecule has 3 aromatic carbocycles. The molecule has 0 radical (unpaired) electrons. The highest BCUT2D eigenvalue weighted by molar-refractivity contribution is 6.34. The molecule has 1 aliphatic heterocycles. The molecule has 0 atom stereocenters. The van der Waals surface area contributed by atoms with Crippen LogP contribution >= 0.6 is 0 Å². The summed E-state index contributed by atoms with van der Waals surface area (Å²) in [7, 11) is 0. The number of fused-ring (bicyclic) bond motifs is 1. The van der Waals surface area contributed by atoms with Crippen LogP contribution in [0.3, 0.4) is 0 Å². The Morgan fingerprint density at radius 1 is 0.667 bits per heavy atom. The van der Waals surface area contributed by atoms with Gasteiger partial charge in [-0.3, -0.25) is 9.59 Å². The number of nitrogens with zero attached hydrogens (tertiary/aromatic N) is 1. The van der Waals surface area contributed by atoms with Crippen molar-refractivity contribution >= 4 is 17.5 Å². The number of carbonyl (C=O) groups excluding carboxylic acids is 2. The number of hydrogen-bond acceptors (Lipinski definition) is 2. The molecule has 0 aliphatic carbocycles. The maximum absolute atomic E-state index is 14.6. The predicted molar refractivity (Wildman–Crippen MR) is 89.4 cm³/mol. The number of anilines is 1. The summed E-state index contributed by atoms with van der Waals surface area (Å²) in [5.74, 6) is -1.60. The fourth-order valence-corrected chi connectivity index (χ4v) is 2.91. The number of rotatable bonds is 2. The minimum absolute atomic E-state index is 0.0270. The second kappa shape index (κ2) is 5.42. The van der Waals surface area contributed by atoms with Crippen molar-refractivity contribution in [1.29, 1.82) is 0 Å². The Bertz CT molecular complexity index is 931. The van der Waals surface area contributed by atoms with Crippen molar-refractivity contribution in [2.45, 2.75) is 0 Å². The highest BCUT2D eigenvalue weighted by Gasteiger charge is 2.37. The number of halogens is 1. The summed E-state index contributed by atoms with van der Waals surface area (Å²) in [6.07, 6.45) is 0. The molecule has 0 unspecified atom stereocenters. The maximum Gasteiger partial charge on any atom is 0.266 e. The van der Waals surface area contributed by atoms with Gasteiger partial charge in [0.2, 0.25) is 0 Å². The topological polar surface area (TPSA) is 37.4 Å². The quantitative estimate of drug-likeness (QED) is 0.661. The zero-order valence-electron chi connectivity index (χ0n) is 12.6. The van der Waals surface area contributed by atoms with E-state index in [4.69, 9.17) is 0 Å². The minimum Gasteiger partial charge on any atom is -0.268 e. The Morgan fingerprint density at radius 3 is 1.83 bits per heavy atom. The van der Waals surface area contributed by atoms with Gasteiger partial charge in [-0.05, 0) is 35.4 Å². The Kier molecular flexibility index (Phi) is 3.24. The standard InChI is InChI=1S/C20H12FNO2/c21-17-12-14(13-6-2-1-3-7-13)10-11-18(17)22-19(23)15-8-4-5-9-16(15)20(22)24/h1-12H. The molecule has 1 aliphatic rings. The van der Waals surface area contributed by atoms with E-state index >= 15 is 0 Å². The summed E-state index contributed by atoms with van der Waals surface area (Å²) in [5, 5.41) is 0. The first-order chi connectivity index (χ1) is 11.7. The summed E-state index contributed by atoms with van der Waals surface area (Å²) in [6.45, 7) is 0. The van der Waals surface area contributed by atoms with Gasteiger partial charge in [0.1, 0.15) is 5.82 Å². The highest BCUT2D eigenvalue weighted by atomic mass is 19.1. The first kappa shape index (κ1) is 14.3. The Balaban J connectivity index is 1.76. The van der Waals surface area contributed by atoms with E-state index in [1.165, 1.54) is 12.1 Å². The van der Waals surface area contributed by atoms with E-state index in [2.05, 4.69) is 0 Å². The molecular weight excluding hydrogens is 305 g/mol. The summed E-state index contributed by atoms with van der Waals surface area (Å²) in [6, 6.07) is 20.4. The summed E-state index contributed by atoms with van der Waals surface area (Å²) >= 11 is 0. The predicted octanol–water partition coefficient (Wildman–Crippen LogP) is 4.29. The second-order valence-electron chi connectivity index (χ2n) is 5.52. The fourth-order valence-electron chi connectivity index (χ4n) is 2.91. The van der Waals surface area contributed by atoms with Crippen LogP contribution in [0, 0.1) is 5.82 Å². The third-order valence-electron chi connectivity index (χ3n) is 4.09. The van der Waals surface area contributed by atoms with Gasteiger partial charge >= 0.3 is 0 Å². The van der Waals surface area contributed by atoms with E-state index in [0.717, 1.165) is 10.5 Å². The van der Waals surface area contributed by atoms with E-state index in [1.807, 2.05) is 30.3 Å². The van der Waals surface area contributed by atoms with E-state index < -0.39 is 17.6 Å². The van der Waals surface area contributed by atoms with Crippen molar-refractivity contribution in [2.75, 3.05) is 4.90 Å². The van der Waals surface area contributed by atoms with E-state index in [1.54, 1.807) is 30.3 Å². The Labute approximate surface area is 138 Å². The van der Waals surface area contributed by atoms with Crippen LogP contribution in [0.2, 0.25) is 0 Å². The second-order valence-corrected chi connectivity index (χ2v) is 5.52. The van der Waals surface area contributed by atoms with Gasteiger partial charge in [-0.15, -0.1) is 0 Å². The molecule has 0 bridgehead atoms. The average molecular weight is 317 g/mol. The largest absolute Gasteiger partial charge is 0.268 e. The van der Waals surface area contributed by atoms with Crippen LogP contribution in [0.4, 0.5) is 10.1 Å². The van der Waals surface area contributed by atoms with E-state index in [0.29, 0.717) is 16.7 Å². The molecule has 4 heteroatoms. The first-order valence-corrected chi connectivity index (χ1v) is 7.49. The van der Waals surface area contributed by atoms with Crippen LogP contribution in [0.1, 0.15) is 20.7 Å². The summed E-state index contributed by atoms with van der Waals surface area (Å²) in [4.78, 5) is 25.8. The number of hydrogen-bond donors (Lipinski definition) is 0. The smallest absolute Gasteiger partial charge is 0.266 e. The summed E-state index contributed by atoms with van der Waals surface area (Å²) < 4.78 is 14.6. The molecule has 4 rings (SSSR count).